The van der Waals surface area contributed by atoms with Crippen molar-refractivity contribution in [2.75, 3.05) is 12.3 Å². The number of nitrogen functional groups attached to an aromatic ring is 1. The van der Waals surface area contributed by atoms with Crippen LogP contribution in [0.3, 0.4) is 0 Å². The smallest absolute Gasteiger partial charge is 0.274 e. The van der Waals surface area contributed by atoms with Crippen molar-refractivity contribution in [2.45, 2.75) is 32.2 Å². The molecule has 1 aliphatic heterocycles. The van der Waals surface area contributed by atoms with E-state index >= 15 is 0 Å². The molecular weight excluding hydrogens is 296 g/mol. The van der Waals surface area contributed by atoms with Gasteiger partial charge in [-0.2, -0.15) is 10.1 Å². The van der Waals surface area contributed by atoms with Crippen molar-refractivity contribution in [1.29, 1.82) is 0 Å². The van der Waals surface area contributed by atoms with Gasteiger partial charge in [-0.25, -0.2) is 0 Å². The zero-order valence-corrected chi connectivity index (χ0v) is 12.2. The Balaban J connectivity index is 1.86. The Morgan fingerprint density at radius 2 is 2.43 bits per heavy atom. The van der Waals surface area contributed by atoms with Gasteiger partial charge in [-0.1, -0.05) is 23.7 Å². The van der Waals surface area contributed by atoms with E-state index in [9.17, 15) is 4.79 Å². The quantitative estimate of drug-likeness (QED) is 0.889. The van der Waals surface area contributed by atoms with E-state index in [1.165, 1.54) is 0 Å². The molecule has 2 aromatic rings. The number of aromatic amines is 1. The largest absolute Gasteiger partial charge is 0.381 e. The zero-order valence-electron chi connectivity index (χ0n) is 11.5. The summed E-state index contributed by atoms with van der Waals surface area (Å²) in [5.74, 6) is 0.944. The Hall–Kier alpha value is -2.09. The first-order chi connectivity index (χ1) is 10.1. The van der Waals surface area contributed by atoms with Crippen LogP contribution in [0.25, 0.3) is 0 Å². The highest BCUT2D eigenvalue weighted by Gasteiger charge is 2.36. The number of rotatable bonds is 3. The molecule has 2 aromatic heterocycles. The summed E-state index contributed by atoms with van der Waals surface area (Å²) in [5.41, 5.74) is 5.75. The van der Waals surface area contributed by atoms with Crippen molar-refractivity contribution in [3.05, 3.63) is 22.4 Å². The molecule has 1 atom stereocenters. The maximum Gasteiger partial charge on any atom is 0.274 e. The van der Waals surface area contributed by atoms with Crippen LogP contribution in [0.4, 0.5) is 5.82 Å². The Kier molecular flexibility index (Phi) is 3.54. The van der Waals surface area contributed by atoms with Crippen LogP contribution in [0.15, 0.2) is 4.52 Å². The molecule has 8 nitrogen and oxygen atoms in total. The molecule has 3 rings (SSSR count). The average Bonchev–Trinajstić information content (AvgIpc) is 3.19. The Morgan fingerprint density at radius 3 is 3.05 bits per heavy atom. The molecule has 112 valence electrons. The monoisotopic (exact) mass is 310 g/mol. The van der Waals surface area contributed by atoms with E-state index < -0.39 is 0 Å². The lowest BCUT2D eigenvalue weighted by Crippen LogP contribution is -2.31. The van der Waals surface area contributed by atoms with Gasteiger partial charge in [-0.05, 0) is 12.8 Å². The van der Waals surface area contributed by atoms with Crippen LogP contribution in [0.1, 0.15) is 48.0 Å². The van der Waals surface area contributed by atoms with Gasteiger partial charge < -0.3 is 15.2 Å². The lowest BCUT2D eigenvalue weighted by molar-refractivity contribution is 0.0704. The number of anilines is 1. The third-order valence-electron chi connectivity index (χ3n) is 3.55. The highest BCUT2D eigenvalue weighted by Crippen LogP contribution is 2.33. The molecule has 1 fully saturated rings. The topological polar surface area (TPSA) is 114 Å². The van der Waals surface area contributed by atoms with E-state index in [0.717, 1.165) is 12.8 Å². The number of likely N-dealkylation sites (tertiary alicyclic amines) is 1. The minimum Gasteiger partial charge on any atom is -0.381 e. The van der Waals surface area contributed by atoms with E-state index in [-0.39, 0.29) is 28.5 Å². The maximum absolute atomic E-state index is 12.6. The summed E-state index contributed by atoms with van der Waals surface area (Å²) in [6.07, 6.45) is 2.33. The SMILES string of the molecule is CCc1noc([C@@H]2CCCN2C(=O)c2[nH]nc(N)c2Cl)n1. The molecule has 0 aliphatic carbocycles. The van der Waals surface area contributed by atoms with Gasteiger partial charge >= 0.3 is 0 Å². The summed E-state index contributed by atoms with van der Waals surface area (Å²) in [6.45, 7) is 2.54. The number of carbonyl (C=O) groups is 1. The van der Waals surface area contributed by atoms with Crippen molar-refractivity contribution >= 4 is 23.3 Å². The van der Waals surface area contributed by atoms with Crippen molar-refractivity contribution in [1.82, 2.24) is 25.2 Å². The molecule has 0 radical (unpaired) electrons. The molecule has 3 heterocycles. The first kappa shape index (κ1) is 13.9. The molecule has 9 heteroatoms. The first-order valence-electron chi connectivity index (χ1n) is 6.74. The van der Waals surface area contributed by atoms with Crippen LogP contribution in [0.2, 0.25) is 5.02 Å². The Morgan fingerprint density at radius 1 is 1.62 bits per heavy atom. The number of aromatic nitrogens is 4. The fraction of sp³-hybridized carbons (Fsp3) is 0.500. The van der Waals surface area contributed by atoms with Crippen LogP contribution < -0.4 is 5.73 Å². The molecule has 0 saturated carbocycles. The number of nitrogens with zero attached hydrogens (tertiary/aromatic N) is 4. The van der Waals surface area contributed by atoms with Gasteiger partial charge in [0.15, 0.2) is 11.6 Å². The van der Waals surface area contributed by atoms with Crippen molar-refractivity contribution in [2.24, 2.45) is 0 Å². The van der Waals surface area contributed by atoms with Gasteiger partial charge in [-0.15, -0.1) is 0 Å². The third kappa shape index (κ3) is 2.35. The highest BCUT2D eigenvalue weighted by molar-refractivity contribution is 6.35. The molecule has 21 heavy (non-hydrogen) atoms. The number of nitrogens with two attached hydrogens (primary N) is 1. The second-order valence-electron chi connectivity index (χ2n) is 4.86. The fourth-order valence-corrected chi connectivity index (χ4v) is 2.61. The van der Waals surface area contributed by atoms with Gasteiger partial charge in [0.25, 0.3) is 5.91 Å². The summed E-state index contributed by atoms with van der Waals surface area (Å²) >= 11 is 5.98. The third-order valence-corrected chi connectivity index (χ3v) is 3.93. The number of nitrogens with one attached hydrogen (secondary N) is 1. The first-order valence-corrected chi connectivity index (χ1v) is 7.12. The van der Waals surface area contributed by atoms with Crippen molar-refractivity contribution < 1.29 is 9.32 Å². The van der Waals surface area contributed by atoms with Crippen LogP contribution >= 0.6 is 11.6 Å². The number of aryl methyl sites for hydroxylation is 1. The van der Waals surface area contributed by atoms with E-state index in [2.05, 4.69) is 20.3 Å². The lowest BCUT2D eigenvalue weighted by atomic mass is 10.2. The minimum atomic E-state index is -0.261. The molecule has 0 bridgehead atoms. The number of H-pyrrole nitrogens is 1. The summed E-state index contributed by atoms with van der Waals surface area (Å²) in [7, 11) is 0. The normalized spacial score (nSPS) is 18.4. The van der Waals surface area contributed by atoms with E-state index in [0.29, 0.717) is 24.7 Å². The lowest BCUT2D eigenvalue weighted by Gasteiger charge is -2.21. The van der Waals surface area contributed by atoms with Gasteiger partial charge in [0.1, 0.15) is 16.8 Å². The van der Waals surface area contributed by atoms with Gasteiger partial charge in [0.05, 0.1) is 0 Å². The zero-order chi connectivity index (χ0) is 15.0. The number of hydrogen-bond donors (Lipinski definition) is 2. The maximum atomic E-state index is 12.6. The molecule has 1 aliphatic rings. The summed E-state index contributed by atoms with van der Waals surface area (Å²) in [4.78, 5) is 18.5. The van der Waals surface area contributed by atoms with Gasteiger partial charge in [-0.3, -0.25) is 9.89 Å². The van der Waals surface area contributed by atoms with E-state index in [1.54, 1.807) is 4.90 Å². The molecule has 1 amide bonds. The van der Waals surface area contributed by atoms with Gasteiger partial charge in [0, 0.05) is 13.0 Å². The standard InChI is InChI=1S/C12H15ClN6O2/c1-2-7-15-11(21-18-7)6-4-3-5-19(6)12(20)9-8(13)10(14)17-16-9/h6H,2-5H2,1H3,(H3,14,16,17)/t6-/m0/s1. The minimum absolute atomic E-state index is 0.113. The second kappa shape index (κ2) is 5.36. The summed E-state index contributed by atoms with van der Waals surface area (Å²) < 4.78 is 5.25. The summed E-state index contributed by atoms with van der Waals surface area (Å²) in [6, 6.07) is -0.231. The number of halogens is 1. The Labute approximate surface area is 125 Å². The highest BCUT2D eigenvalue weighted by atomic mass is 35.5. The van der Waals surface area contributed by atoms with Gasteiger partial charge in [0.2, 0.25) is 5.89 Å². The second-order valence-corrected chi connectivity index (χ2v) is 5.23. The van der Waals surface area contributed by atoms with Crippen molar-refractivity contribution in [3.63, 3.8) is 0 Å². The van der Waals surface area contributed by atoms with Crippen LogP contribution in [0.5, 0.6) is 0 Å². The Bertz CT molecular complexity index is 667. The van der Waals surface area contributed by atoms with Crippen LogP contribution in [-0.2, 0) is 6.42 Å². The molecule has 0 spiro atoms. The summed E-state index contributed by atoms with van der Waals surface area (Å²) in [5, 5.41) is 10.3. The van der Waals surface area contributed by atoms with Crippen LogP contribution in [-0.4, -0.2) is 37.7 Å². The van der Waals surface area contributed by atoms with Crippen molar-refractivity contribution in [3.8, 4) is 0 Å². The predicted octanol–water partition coefficient (Wildman–Crippen LogP) is 1.57. The molecular formula is C12H15ClN6O2. The van der Waals surface area contributed by atoms with E-state index in [4.69, 9.17) is 21.9 Å². The van der Waals surface area contributed by atoms with Crippen LogP contribution in [0, 0.1) is 0 Å². The molecule has 0 unspecified atom stereocenters. The molecule has 1 saturated heterocycles. The molecule has 0 aromatic carbocycles. The number of carbonyl (C=O) groups excluding carboxylic acids is 1. The fourth-order valence-electron chi connectivity index (χ4n) is 2.44. The number of hydrogen-bond acceptors (Lipinski definition) is 6. The predicted molar refractivity (Wildman–Crippen MR) is 74.7 cm³/mol. The molecule has 3 N–H and O–H groups in total. The van der Waals surface area contributed by atoms with E-state index in [1.807, 2.05) is 6.92 Å². The number of amides is 1. The average molecular weight is 311 g/mol.